The van der Waals surface area contributed by atoms with Gasteiger partial charge in [0.05, 0.1) is 5.52 Å². The van der Waals surface area contributed by atoms with Crippen molar-refractivity contribution in [1.82, 2.24) is 4.98 Å². The lowest BCUT2D eigenvalue weighted by molar-refractivity contribution is 0.588. The van der Waals surface area contributed by atoms with Gasteiger partial charge in [-0.05, 0) is 50.4 Å². The highest BCUT2D eigenvalue weighted by Crippen LogP contribution is 2.38. The molecule has 0 aliphatic rings. The van der Waals surface area contributed by atoms with E-state index in [1.165, 1.54) is 0 Å². The molecular formula is C13H16NOP. The van der Waals surface area contributed by atoms with Crippen molar-refractivity contribution in [1.29, 1.82) is 0 Å². The largest absolute Gasteiger partial charge is 0.319 e. The lowest BCUT2D eigenvalue weighted by atomic mass is 10.1. The van der Waals surface area contributed by atoms with Gasteiger partial charge in [0.25, 0.3) is 0 Å². The Kier molecular flexibility index (Phi) is 2.63. The van der Waals surface area contributed by atoms with Gasteiger partial charge in [-0.15, -0.1) is 0 Å². The van der Waals surface area contributed by atoms with Crippen LogP contribution < -0.4 is 5.30 Å². The van der Waals surface area contributed by atoms with Crippen LogP contribution in [0.4, 0.5) is 0 Å². The normalized spacial score (nSPS) is 12.0. The summed E-state index contributed by atoms with van der Waals surface area (Å²) in [5, 5.41) is 2.01. The summed E-state index contributed by atoms with van der Waals surface area (Å²) < 4.78 is 12.3. The Morgan fingerprint density at radius 1 is 1.19 bits per heavy atom. The minimum atomic E-state index is -2.26. The highest BCUT2D eigenvalue weighted by molar-refractivity contribution is 7.70. The smallest absolute Gasteiger partial charge is 0.110 e. The van der Waals surface area contributed by atoms with E-state index in [1.54, 1.807) is 0 Å². The molecule has 1 aromatic heterocycles. The molecule has 3 heteroatoms. The fourth-order valence-electron chi connectivity index (χ4n) is 2.11. The first-order valence-corrected chi connectivity index (χ1v) is 7.91. The first kappa shape index (κ1) is 11.3. The van der Waals surface area contributed by atoms with Crippen LogP contribution in [0.1, 0.15) is 11.1 Å². The molecule has 84 valence electrons. The van der Waals surface area contributed by atoms with Gasteiger partial charge in [0, 0.05) is 16.9 Å². The second kappa shape index (κ2) is 3.71. The maximum absolute atomic E-state index is 12.3. The van der Waals surface area contributed by atoms with Gasteiger partial charge in [0.2, 0.25) is 0 Å². The van der Waals surface area contributed by atoms with Crippen molar-refractivity contribution < 1.29 is 4.57 Å². The third kappa shape index (κ3) is 1.90. The fourth-order valence-corrected chi connectivity index (χ4v) is 3.80. The zero-order valence-corrected chi connectivity index (χ0v) is 11.0. The van der Waals surface area contributed by atoms with Crippen LogP contribution in [0.5, 0.6) is 0 Å². The summed E-state index contributed by atoms with van der Waals surface area (Å²) >= 11 is 0. The topological polar surface area (TPSA) is 30.0 Å². The van der Waals surface area contributed by atoms with Crippen LogP contribution in [0.15, 0.2) is 24.4 Å². The average Bonchev–Trinajstić information content (AvgIpc) is 2.14. The van der Waals surface area contributed by atoms with Crippen molar-refractivity contribution in [3.8, 4) is 0 Å². The fraction of sp³-hybridized carbons (Fsp3) is 0.308. The van der Waals surface area contributed by atoms with E-state index in [0.717, 1.165) is 27.3 Å². The highest BCUT2D eigenvalue weighted by atomic mass is 31.2. The molecular weight excluding hydrogens is 217 g/mol. The zero-order valence-electron chi connectivity index (χ0n) is 10.1. The Morgan fingerprint density at radius 3 is 2.50 bits per heavy atom. The maximum atomic E-state index is 12.3. The lowest BCUT2D eigenvalue weighted by Gasteiger charge is -2.14. The van der Waals surface area contributed by atoms with E-state index in [1.807, 2.05) is 45.5 Å². The summed E-state index contributed by atoms with van der Waals surface area (Å²) in [4.78, 5) is 4.37. The van der Waals surface area contributed by atoms with Gasteiger partial charge < -0.3 is 4.57 Å². The van der Waals surface area contributed by atoms with E-state index >= 15 is 0 Å². The van der Waals surface area contributed by atoms with Crippen LogP contribution in [0, 0.1) is 13.8 Å². The Morgan fingerprint density at radius 2 is 1.88 bits per heavy atom. The van der Waals surface area contributed by atoms with Gasteiger partial charge in [-0.3, -0.25) is 4.98 Å². The summed E-state index contributed by atoms with van der Waals surface area (Å²) in [5.74, 6) is 0. The maximum Gasteiger partial charge on any atom is 0.110 e. The molecule has 0 bridgehead atoms. The molecule has 0 aliphatic carbocycles. The van der Waals surface area contributed by atoms with Crippen molar-refractivity contribution in [2.75, 3.05) is 13.3 Å². The molecule has 0 N–H and O–H groups in total. The van der Waals surface area contributed by atoms with Gasteiger partial charge in [0.15, 0.2) is 0 Å². The number of rotatable bonds is 1. The molecule has 2 nitrogen and oxygen atoms in total. The number of fused-ring (bicyclic) bond motifs is 1. The Balaban J connectivity index is 2.94. The Bertz CT molecular complexity index is 593. The number of nitrogens with zero attached hydrogens (tertiary/aromatic N) is 1. The first-order chi connectivity index (χ1) is 7.39. The van der Waals surface area contributed by atoms with Crippen LogP contribution in [-0.2, 0) is 4.57 Å². The minimum absolute atomic E-state index is 0.926. The predicted molar refractivity (Wildman–Crippen MR) is 70.3 cm³/mol. The third-order valence-corrected chi connectivity index (χ3v) is 4.38. The van der Waals surface area contributed by atoms with E-state index in [0.29, 0.717) is 0 Å². The molecule has 0 atom stereocenters. The van der Waals surface area contributed by atoms with Gasteiger partial charge in [0.1, 0.15) is 7.14 Å². The van der Waals surface area contributed by atoms with Crippen molar-refractivity contribution in [2.45, 2.75) is 13.8 Å². The van der Waals surface area contributed by atoms with Crippen molar-refractivity contribution in [2.24, 2.45) is 0 Å². The third-order valence-electron chi connectivity index (χ3n) is 2.71. The first-order valence-electron chi connectivity index (χ1n) is 5.31. The van der Waals surface area contributed by atoms with Gasteiger partial charge in [-0.1, -0.05) is 6.07 Å². The van der Waals surface area contributed by atoms with Gasteiger partial charge in [-0.2, -0.15) is 0 Å². The predicted octanol–water partition coefficient (Wildman–Crippen LogP) is 3.10. The lowest BCUT2D eigenvalue weighted by Crippen LogP contribution is -2.09. The number of aromatic nitrogens is 1. The van der Waals surface area contributed by atoms with E-state index < -0.39 is 7.14 Å². The van der Waals surface area contributed by atoms with Crippen LogP contribution in [0.2, 0.25) is 0 Å². The molecule has 0 spiro atoms. The van der Waals surface area contributed by atoms with Crippen LogP contribution in [0.3, 0.4) is 0 Å². The minimum Gasteiger partial charge on any atom is -0.319 e. The number of aryl methyl sites for hydroxylation is 2. The molecule has 1 aromatic carbocycles. The summed E-state index contributed by atoms with van der Waals surface area (Å²) in [6, 6.07) is 6.06. The summed E-state index contributed by atoms with van der Waals surface area (Å²) in [7, 11) is -2.26. The molecule has 1 heterocycles. The summed E-state index contributed by atoms with van der Waals surface area (Å²) in [6.07, 6.45) is 1.84. The summed E-state index contributed by atoms with van der Waals surface area (Å²) in [6.45, 7) is 7.65. The SMILES string of the molecule is Cc1cnc2ccc(C)c(P(C)(C)=O)c2c1. The molecule has 0 saturated carbocycles. The molecule has 0 unspecified atom stereocenters. The number of benzene rings is 1. The van der Waals surface area contributed by atoms with Crippen LogP contribution in [-0.4, -0.2) is 18.3 Å². The monoisotopic (exact) mass is 233 g/mol. The Labute approximate surface area is 96.1 Å². The van der Waals surface area contributed by atoms with Gasteiger partial charge >= 0.3 is 0 Å². The molecule has 0 radical (unpaired) electrons. The average molecular weight is 233 g/mol. The molecule has 0 amide bonds. The van der Waals surface area contributed by atoms with Crippen LogP contribution >= 0.6 is 7.14 Å². The van der Waals surface area contributed by atoms with Crippen molar-refractivity contribution in [3.63, 3.8) is 0 Å². The molecule has 0 saturated heterocycles. The molecule has 0 aliphatic heterocycles. The number of hydrogen-bond donors (Lipinski definition) is 0. The molecule has 2 rings (SSSR count). The Hall–Kier alpha value is -1.14. The van der Waals surface area contributed by atoms with E-state index in [9.17, 15) is 4.57 Å². The van der Waals surface area contributed by atoms with E-state index in [-0.39, 0.29) is 0 Å². The van der Waals surface area contributed by atoms with E-state index in [4.69, 9.17) is 0 Å². The second-order valence-electron chi connectivity index (χ2n) is 4.66. The quantitative estimate of drug-likeness (QED) is 0.708. The molecule has 2 aromatic rings. The summed E-state index contributed by atoms with van der Waals surface area (Å²) in [5.41, 5.74) is 3.12. The standard InChI is InChI=1S/C13H16NOP/c1-9-7-11-12(14-8-9)6-5-10(2)13(11)16(3,4)15/h5-8H,1-4H3. The van der Waals surface area contributed by atoms with Crippen molar-refractivity contribution >= 4 is 23.3 Å². The number of hydrogen-bond acceptors (Lipinski definition) is 2. The number of pyridine rings is 1. The van der Waals surface area contributed by atoms with Crippen molar-refractivity contribution in [3.05, 3.63) is 35.5 Å². The second-order valence-corrected chi connectivity index (χ2v) is 7.81. The van der Waals surface area contributed by atoms with E-state index in [2.05, 4.69) is 11.1 Å². The van der Waals surface area contributed by atoms with Gasteiger partial charge in [-0.25, -0.2) is 0 Å². The zero-order chi connectivity index (χ0) is 11.9. The molecule has 0 fully saturated rings. The van der Waals surface area contributed by atoms with Crippen LogP contribution in [0.25, 0.3) is 10.9 Å². The molecule has 16 heavy (non-hydrogen) atoms. The highest BCUT2D eigenvalue weighted by Gasteiger charge is 2.17.